The third-order valence-electron chi connectivity index (χ3n) is 4.41. The van der Waals surface area contributed by atoms with Gasteiger partial charge in [0.25, 0.3) is 11.8 Å². The molecular weight excluding hydrogens is 410 g/mol. The molecule has 0 saturated carbocycles. The minimum Gasteiger partial charge on any atom is -0.459 e. The molecular formula is C24H25N3O5. The number of nitrogens with one attached hydrogen (secondary N) is 3. The topological polar surface area (TPSA) is 110 Å². The summed E-state index contributed by atoms with van der Waals surface area (Å²) in [6.07, 6.45) is 0.858. The zero-order valence-corrected chi connectivity index (χ0v) is 18.1. The van der Waals surface area contributed by atoms with Gasteiger partial charge in [0.1, 0.15) is 0 Å². The first kappa shape index (κ1) is 22.6. The Morgan fingerprint density at radius 3 is 2.34 bits per heavy atom. The lowest BCUT2D eigenvalue weighted by Crippen LogP contribution is -2.17. The Balaban J connectivity index is 1.67. The fraction of sp³-hybridized carbons (Fsp3) is 0.208. The van der Waals surface area contributed by atoms with Gasteiger partial charge in [-0.3, -0.25) is 14.9 Å². The molecule has 0 aliphatic carbocycles. The standard InChI is InChI=1S/C24H25N3O5/c1-15(2)14-32-24(30)26-19-7-4-6-18(13-19)25-22(28)17-10-9-16(3)20(12-17)27-23(29)21-8-5-11-31-21/h4-13,15H,14H2,1-3H3,(H,25,28)(H,26,30)(H,27,29). The van der Waals surface area contributed by atoms with Crippen LogP contribution in [0.15, 0.2) is 65.3 Å². The maximum absolute atomic E-state index is 12.7. The number of amides is 3. The Labute approximate surface area is 186 Å². The van der Waals surface area contributed by atoms with E-state index in [0.717, 1.165) is 5.56 Å². The van der Waals surface area contributed by atoms with Crippen LogP contribution in [-0.2, 0) is 4.74 Å². The number of carbonyl (C=O) groups is 3. The van der Waals surface area contributed by atoms with Crippen molar-refractivity contribution >= 4 is 35.0 Å². The molecule has 3 aromatic rings. The van der Waals surface area contributed by atoms with Crippen LogP contribution in [-0.4, -0.2) is 24.5 Å². The van der Waals surface area contributed by atoms with E-state index in [0.29, 0.717) is 29.2 Å². The van der Waals surface area contributed by atoms with Gasteiger partial charge in [-0.05, 0) is 60.9 Å². The second-order valence-electron chi connectivity index (χ2n) is 7.61. The molecule has 32 heavy (non-hydrogen) atoms. The number of aryl methyl sites for hydroxylation is 1. The van der Waals surface area contributed by atoms with E-state index in [9.17, 15) is 14.4 Å². The molecule has 3 N–H and O–H groups in total. The summed E-state index contributed by atoms with van der Waals surface area (Å²) < 4.78 is 10.2. The van der Waals surface area contributed by atoms with Gasteiger partial charge in [0.15, 0.2) is 5.76 Å². The first-order valence-corrected chi connectivity index (χ1v) is 10.1. The summed E-state index contributed by atoms with van der Waals surface area (Å²) in [5, 5.41) is 8.17. The number of benzene rings is 2. The van der Waals surface area contributed by atoms with Gasteiger partial charge in [-0.25, -0.2) is 4.79 Å². The zero-order valence-electron chi connectivity index (χ0n) is 18.1. The summed E-state index contributed by atoms with van der Waals surface area (Å²) in [4.78, 5) is 36.9. The van der Waals surface area contributed by atoms with Crippen LogP contribution in [0.4, 0.5) is 21.9 Å². The van der Waals surface area contributed by atoms with E-state index in [-0.39, 0.29) is 17.6 Å². The van der Waals surface area contributed by atoms with E-state index in [1.54, 1.807) is 54.6 Å². The number of hydrogen-bond donors (Lipinski definition) is 3. The van der Waals surface area contributed by atoms with Gasteiger partial charge in [-0.2, -0.15) is 0 Å². The zero-order chi connectivity index (χ0) is 23.1. The monoisotopic (exact) mass is 435 g/mol. The molecule has 8 heteroatoms. The van der Waals surface area contributed by atoms with Gasteiger partial charge >= 0.3 is 6.09 Å². The van der Waals surface area contributed by atoms with Crippen molar-refractivity contribution in [2.75, 3.05) is 22.6 Å². The maximum Gasteiger partial charge on any atom is 0.411 e. The van der Waals surface area contributed by atoms with Crippen molar-refractivity contribution in [1.82, 2.24) is 0 Å². The van der Waals surface area contributed by atoms with Gasteiger partial charge in [-0.1, -0.05) is 26.0 Å². The molecule has 3 rings (SSSR count). The predicted molar refractivity (Wildman–Crippen MR) is 122 cm³/mol. The molecule has 8 nitrogen and oxygen atoms in total. The highest BCUT2D eigenvalue weighted by atomic mass is 16.5. The molecule has 0 aliphatic heterocycles. The highest BCUT2D eigenvalue weighted by Crippen LogP contribution is 2.21. The molecule has 0 saturated heterocycles. The molecule has 0 atom stereocenters. The molecule has 2 aromatic carbocycles. The number of hydrogen-bond acceptors (Lipinski definition) is 5. The quantitative estimate of drug-likeness (QED) is 0.467. The third-order valence-corrected chi connectivity index (χ3v) is 4.41. The van der Waals surface area contributed by atoms with E-state index >= 15 is 0 Å². The van der Waals surface area contributed by atoms with Crippen molar-refractivity contribution in [1.29, 1.82) is 0 Å². The summed E-state index contributed by atoms with van der Waals surface area (Å²) in [7, 11) is 0. The van der Waals surface area contributed by atoms with Gasteiger partial charge in [0.2, 0.25) is 0 Å². The van der Waals surface area contributed by atoms with Crippen molar-refractivity contribution in [3.63, 3.8) is 0 Å². The molecule has 0 bridgehead atoms. The molecule has 0 unspecified atom stereocenters. The Kier molecular flexibility index (Phi) is 7.28. The molecule has 0 fully saturated rings. The predicted octanol–water partition coefficient (Wildman–Crippen LogP) is 5.30. The lowest BCUT2D eigenvalue weighted by atomic mass is 10.1. The van der Waals surface area contributed by atoms with Gasteiger partial charge < -0.3 is 19.8 Å². The van der Waals surface area contributed by atoms with E-state index in [1.165, 1.54) is 6.26 Å². The number of furan rings is 1. The van der Waals surface area contributed by atoms with Crippen LogP contribution in [0, 0.1) is 12.8 Å². The van der Waals surface area contributed by atoms with Crippen LogP contribution < -0.4 is 16.0 Å². The number of anilines is 3. The molecule has 1 aromatic heterocycles. The fourth-order valence-corrected chi connectivity index (χ4v) is 2.76. The Bertz CT molecular complexity index is 1110. The van der Waals surface area contributed by atoms with Gasteiger partial charge in [-0.15, -0.1) is 0 Å². The Morgan fingerprint density at radius 2 is 1.66 bits per heavy atom. The number of carbonyl (C=O) groups excluding carboxylic acids is 3. The van der Waals surface area contributed by atoms with Crippen molar-refractivity contribution in [2.45, 2.75) is 20.8 Å². The largest absolute Gasteiger partial charge is 0.459 e. The molecule has 0 radical (unpaired) electrons. The first-order chi connectivity index (χ1) is 15.3. The van der Waals surface area contributed by atoms with Crippen LogP contribution in [0.2, 0.25) is 0 Å². The van der Waals surface area contributed by atoms with Crippen LogP contribution >= 0.6 is 0 Å². The Morgan fingerprint density at radius 1 is 0.906 bits per heavy atom. The molecule has 0 spiro atoms. The number of ether oxygens (including phenoxy) is 1. The normalized spacial score (nSPS) is 10.5. The smallest absolute Gasteiger partial charge is 0.411 e. The van der Waals surface area contributed by atoms with E-state index < -0.39 is 12.0 Å². The lowest BCUT2D eigenvalue weighted by Gasteiger charge is -2.12. The third kappa shape index (κ3) is 6.21. The molecule has 166 valence electrons. The van der Waals surface area contributed by atoms with E-state index in [2.05, 4.69) is 16.0 Å². The van der Waals surface area contributed by atoms with Gasteiger partial charge in [0, 0.05) is 22.6 Å². The maximum atomic E-state index is 12.7. The van der Waals surface area contributed by atoms with E-state index in [4.69, 9.17) is 9.15 Å². The second-order valence-corrected chi connectivity index (χ2v) is 7.61. The average Bonchev–Trinajstić information content (AvgIpc) is 3.29. The van der Waals surface area contributed by atoms with Gasteiger partial charge in [0.05, 0.1) is 12.9 Å². The minimum absolute atomic E-state index is 0.176. The summed E-state index contributed by atoms with van der Waals surface area (Å²) in [6.45, 7) is 6.03. The fourth-order valence-electron chi connectivity index (χ4n) is 2.76. The summed E-state index contributed by atoms with van der Waals surface area (Å²) in [6, 6.07) is 14.9. The molecule has 3 amide bonds. The highest BCUT2D eigenvalue weighted by Gasteiger charge is 2.14. The minimum atomic E-state index is -0.558. The van der Waals surface area contributed by atoms with Crippen LogP contribution in [0.1, 0.15) is 40.3 Å². The average molecular weight is 435 g/mol. The number of rotatable bonds is 7. The Hall–Kier alpha value is -4.07. The lowest BCUT2D eigenvalue weighted by molar-refractivity contribution is 0.0993. The summed E-state index contributed by atoms with van der Waals surface area (Å²) in [5.74, 6) is -0.359. The second kappa shape index (κ2) is 10.3. The summed E-state index contributed by atoms with van der Waals surface area (Å²) in [5.41, 5.74) is 2.65. The van der Waals surface area contributed by atoms with E-state index in [1.807, 2.05) is 20.8 Å². The SMILES string of the molecule is Cc1ccc(C(=O)Nc2cccc(NC(=O)OCC(C)C)c2)cc1NC(=O)c1ccco1. The van der Waals surface area contributed by atoms with Crippen LogP contribution in [0.3, 0.4) is 0 Å². The van der Waals surface area contributed by atoms with Crippen molar-refractivity contribution in [2.24, 2.45) is 5.92 Å². The molecule has 0 aliphatic rings. The van der Waals surface area contributed by atoms with Crippen molar-refractivity contribution < 1.29 is 23.5 Å². The van der Waals surface area contributed by atoms with Crippen molar-refractivity contribution in [3.05, 3.63) is 77.7 Å². The van der Waals surface area contributed by atoms with Crippen LogP contribution in [0.25, 0.3) is 0 Å². The molecule has 1 heterocycles. The van der Waals surface area contributed by atoms with Crippen molar-refractivity contribution in [3.8, 4) is 0 Å². The highest BCUT2D eigenvalue weighted by molar-refractivity contribution is 6.07. The summed E-state index contributed by atoms with van der Waals surface area (Å²) >= 11 is 0. The first-order valence-electron chi connectivity index (χ1n) is 10.1. The van der Waals surface area contributed by atoms with Crippen LogP contribution in [0.5, 0.6) is 0 Å².